The Morgan fingerprint density at radius 1 is 1.15 bits per heavy atom. The number of nitrogens with one attached hydrogen (secondary N) is 1. The molecule has 0 unspecified atom stereocenters. The van der Waals surface area contributed by atoms with Crippen LogP contribution in [0.15, 0.2) is 36.4 Å². The maximum absolute atomic E-state index is 16.6. The average molecular weight is 678 g/mol. The van der Waals surface area contributed by atoms with Crippen molar-refractivity contribution in [1.29, 1.82) is 0 Å². The molecule has 2 aromatic carbocycles. The van der Waals surface area contributed by atoms with E-state index in [1.54, 1.807) is 51.1 Å². The van der Waals surface area contributed by atoms with Crippen molar-refractivity contribution < 1.29 is 41.8 Å². The normalized spacial score (nSPS) is 21.4. The van der Waals surface area contributed by atoms with Gasteiger partial charge in [0.1, 0.15) is 30.2 Å². The SMILES string of the molecule is CC(C)C1CC(CN(C[C@H]2Cc3c(cc(OCc4ccccc4)c(N4CC(=O)NS4(=O)=O)c3F)N2C(=O)O)C(=O)OC(C)(C)C)C1.N. The molecule has 0 aromatic heterocycles. The number of carboxylic acid groups (broad SMARTS) is 1. The number of halogens is 1. The first kappa shape index (κ1) is 35.7. The van der Waals surface area contributed by atoms with Crippen LogP contribution in [-0.4, -0.2) is 67.8 Å². The van der Waals surface area contributed by atoms with Gasteiger partial charge in [-0.1, -0.05) is 44.2 Å². The highest BCUT2D eigenvalue weighted by molar-refractivity contribution is 7.92. The zero-order valence-corrected chi connectivity index (χ0v) is 28.2. The Morgan fingerprint density at radius 3 is 2.36 bits per heavy atom. The molecular formula is C32H44FN5O8S. The minimum atomic E-state index is -4.43. The molecule has 47 heavy (non-hydrogen) atoms. The van der Waals surface area contributed by atoms with Crippen molar-refractivity contribution in [3.63, 3.8) is 0 Å². The van der Waals surface area contributed by atoms with Crippen LogP contribution in [0.2, 0.25) is 0 Å². The molecule has 2 fully saturated rings. The summed E-state index contributed by atoms with van der Waals surface area (Å²) < 4.78 is 56.3. The molecule has 0 spiro atoms. The molecule has 1 atom stereocenters. The van der Waals surface area contributed by atoms with Gasteiger partial charge in [-0.2, -0.15) is 8.42 Å². The molecule has 15 heteroatoms. The van der Waals surface area contributed by atoms with Crippen LogP contribution < -0.4 is 24.8 Å². The molecule has 5 rings (SSSR count). The van der Waals surface area contributed by atoms with Gasteiger partial charge in [0.05, 0.1) is 11.7 Å². The molecule has 1 saturated heterocycles. The lowest BCUT2D eigenvalue weighted by atomic mass is 9.69. The third kappa shape index (κ3) is 7.73. The van der Waals surface area contributed by atoms with Crippen molar-refractivity contribution in [3.8, 4) is 5.75 Å². The summed E-state index contributed by atoms with van der Waals surface area (Å²) in [6.45, 7) is 9.09. The van der Waals surface area contributed by atoms with Crippen molar-refractivity contribution in [2.24, 2.45) is 17.8 Å². The number of benzene rings is 2. The van der Waals surface area contributed by atoms with Crippen molar-refractivity contribution in [3.05, 3.63) is 53.3 Å². The monoisotopic (exact) mass is 677 g/mol. The number of fused-ring (bicyclic) bond motifs is 1. The fourth-order valence-electron chi connectivity index (χ4n) is 6.30. The van der Waals surface area contributed by atoms with E-state index >= 15 is 4.39 Å². The molecule has 2 heterocycles. The minimum absolute atomic E-state index is 0. The van der Waals surface area contributed by atoms with E-state index in [2.05, 4.69) is 13.8 Å². The van der Waals surface area contributed by atoms with Gasteiger partial charge in [-0.15, -0.1) is 0 Å². The summed E-state index contributed by atoms with van der Waals surface area (Å²) in [7, 11) is -4.43. The number of carbonyl (C=O) groups is 3. The number of nitrogens with zero attached hydrogens (tertiary/aromatic N) is 3. The molecule has 0 bridgehead atoms. The highest BCUT2D eigenvalue weighted by atomic mass is 32.2. The number of amides is 3. The van der Waals surface area contributed by atoms with E-state index in [1.165, 1.54) is 11.0 Å². The second-order valence-electron chi connectivity index (χ2n) is 13.6. The van der Waals surface area contributed by atoms with Crippen LogP contribution >= 0.6 is 0 Å². The third-order valence-electron chi connectivity index (χ3n) is 8.64. The molecule has 13 nitrogen and oxygen atoms in total. The second kappa shape index (κ2) is 13.6. The smallest absolute Gasteiger partial charge is 0.412 e. The molecule has 5 N–H and O–H groups in total. The molecule has 2 aromatic rings. The third-order valence-corrected chi connectivity index (χ3v) is 10.0. The maximum atomic E-state index is 16.6. The summed E-state index contributed by atoms with van der Waals surface area (Å²) in [6.07, 6.45) is -0.248. The average Bonchev–Trinajstić information content (AvgIpc) is 3.42. The van der Waals surface area contributed by atoms with Gasteiger partial charge in [0.25, 0.3) is 5.91 Å². The fraction of sp³-hybridized carbons (Fsp3) is 0.531. The summed E-state index contributed by atoms with van der Waals surface area (Å²) in [5.74, 6) is -0.834. The van der Waals surface area contributed by atoms with E-state index in [0.717, 1.165) is 17.7 Å². The predicted octanol–water partition coefficient (Wildman–Crippen LogP) is 5.08. The van der Waals surface area contributed by atoms with E-state index in [0.29, 0.717) is 28.2 Å². The van der Waals surface area contributed by atoms with Gasteiger partial charge in [0, 0.05) is 31.1 Å². The number of anilines is 2. The molecule has 1 aliphatic carbocycles. The van der Waals surface area contributed by atoms with Gasteiger partial charge in [-0.05, 0) is 56.9 Å². The summed E-state index contributed by atoms with van der Waals surface area (Å²) in [5.41, 5.74) is -0.664. The molecule has 2 aliphatic heterocycles. The lowest BCUT2D eigenvalue weighted by Crippen LogP contribution is -2.50. The van der Waals surface area contributed by atoms with Gasteiger partial charge in [0.2, 0.25) is 0 Å². The van der Waals surface area contributed by atoms with Crippen LogP contribution in [0, 0.1) is 23.6 Å². The standard InChI is InChI=1S/C32H41FN4O8S.H3N/c1-19(2)22-11-21(12-22)15-35(31(41)45-32(3,4)5)16-23-13-24-25(37(23)30(39)40)14-26(44-18-20-9-7-6-8-10-20)29(28(24)33)36-17-27(38)34-46(36,42)43;/h6-10,14,19,21-23H,11-13,15-18H2,1-5H3,(H,34,38)(H,39,40);1H3/t21?,22?,23-;/m1./s1. The molecule has 3 aliphatic rings. The molecule has 1 saturated carbocycles. The van der Waals surface area contributed by atoms with Crippen LogP contribution in [0.4, 0.5) is 25.4 Å². The first-order valence-electron chi connectivity index (χ1n) is 15.4. The minimum Gasteiger partial charge on any atom is -0.487 e. The first-order valence-corrected chi connectivity index (χ1v) is 16.8. The van der Waals surface area contributed by atoms with Crippen LogP contribution in [0.1, 0.15) is 58.6 Å². The van der Waals surface area contributed by atoms with Crippen molar-refractivity contribution in [1.82, 2.24) is 15.8 Å². The number of rotatable bonds is 9. The van der Waals surface area contributed by atoms with Crippen molar-refractivity contribution >= 4 is 39.7 Å². The Balaban J connectivity index is 0.00000500. The Hall–Kier alpha value is -4.11. The Bertz CT molecular complexity index is 1610. The summed E-state index contributed by atoms with van der Waals surface area (Å²) in [6, 6.07) is 9.26. The van der Waals surface area contributed by atoms with Gasteiger partial charge < -0.3 is 25.6 Å². The first-order chi connectivity index (χ1) is 21.5. The number of hydrogen-bond donors (Lipinski definition) is 3. The second-order valence-corrected chi connectivity index (χ2v) is 15.2. The van der Waals surface area contributed by atoms with Crippen LogP contribution in [0.5, 0.6) is 5.75 Å². The van der Waals surface area contributed by atoms with Gasteiger partial charge >= 0.3 is 22.4 Å². The molecule has 0 radical (unpaired) electrons. The Morgan fingerprint density at radius 2 is 1.81 bits per heavy atom. The number of ether oxygens (including phenoxy) is 2. The largest absolute Gasteiger partial charge is 0.487 e. The fourth-order valence-corrected chi connectivity index (χ4v) is 7.46. The van der Waals surface area contributed by atoms with Gasteiger partial charge in [-0.3, -0.25) is 9.69 Å². The highest BCUT2D eigenvalue weighted by Crippen LogP contribution is 2.46. The van der Waals surface area contributed by atoms with Gasteiger partial charge in [-0.25, -0.2) is 23.0 Å². The van der Waals surface area contributed by atoms with Gasteiger partial charge in [0.15, 0.2) is 5.82 Å². The van der Waals surface area contributed by atoms with Crippen molar-refractivity contribution in [2.45, 2.75) is 72.1 Å². The van der Waals surface area contributed by atoms with E-state index in [4.69, 9.17) is 9.47 Å². The van der Waals surface area contributed by atoms with Crippen molar-refractivity contribution in [2.75, 3.05) is 28.8 Å². The molecular weight excluding hydrogens is 633 g/mol. The lowest BCUT2D eigenvalue weighted by molar-refractivity contribution is -0.117. The lowest BCUT2D eigenvalue weighted by Gasteiger charge is -2.41. The highest BCUT2D eigenvalue weighted by Gasteiger charge is 2.44. The summed E-state index contributed by atoms with van der Waals surface area (Å²) in [5, 5.41) is 10.4. The van der Waals surface area contributed by atoms with Crippen LogP contribution in [0.3, 0.4) is 0 Å². The number of hydrogen-bond acceptors (Lipinski definition) is 8. The van der Waals surface area contributed by atoms with Crippen LogP contribution in [0.25, 0.3) is 0 Å². The summed E-state index contributed by atoms with van der Waals surface area (Å²) >= 11 is 0. The van der Waals surface area contributed by atoms with E-state index < -0.39 is 58.0 Å². The summed E-state index contributed by atoms with van der Waals surface area (Å²) in [4.78, 5) is 40.7. The molecule has 258 valence electrons. The Kier molecular flexibility index (Phi) is 10.3. The maximum Gasteiger partial charge on any atom is 0.412 e. The quantitative estimate of drug-likeness (QED) is 0.326. The van der Waals surface area contributed by atoms with E-state index in [1.807, 2.05) is 4.72 Å². The predicted molar refractivity (Wildman–Crippen MR) is 173 cm³/mol. The topological polar surface area (TPSA) is 181 Å². The zero-order chi connectivity index (χ0) is 33.6. The van der Waals surface area contributed by atoms with E-state index in [-0.39, 0.29) is 48.6 Å². The molecule has 3 amide bonds. The number of carbonyl (C=O) groups excluding carboxylic acids is 2. The Labute approximate surface area is 274 Å². The van der Waals surface area contributed by atoms with Crippen LogP contribution in [-0.2, 0) is 32.8 Å². The van der Waals surface area contributed by atoms with E-state index in [9.17, 15) is 27.9 Å². The zero-order valence-electron chi connectivity index (χ0n) is 27.4.